The van der Waals surface area contributed by atoms with Crippen LogP contribution in [0.1, 0.15) is 12.8 Å². The number of para-hydroxylation sites is 1. The van der Waals surface area contributed by atoms with E-state index in [2.05, 4.69) is 20.6 Å². The number of nitrogens with one attached hydrogen (secondary N) is 3. The van der Waals surface area contributed by atoms with Gasteiger partial charge in [-0.05, 0) is 67.4 Å². The smallest absolute Gasteiger partial charge is 0.343 e. The summed E-state index contributed by atoms with van der Waals surface area (Å²) in [7, 11) is 7.92. The molecule has 5 aromatic rings. The summed E-state index contributed by atoms with van der Waals surface area (Å²) in [5, 5.41) is 3.11. The van der Waals surface area contributed by atoms with E-state index < -0.39 is 23.5 Å². The Morgan fingerprint density at radius 1 is 0.830 bits per heavy atom. The lowest BCUT2D eigenvalue weighted by Gasteiger charge is -2.31. The molecular weight excluding hydrogens is 611 g/mol. The Labute approximate surface area is 269 Å². The number of rotatable bonds is 10. The molecule has 1 aromatic heterocycles. The molecule has 1 aliphatic rings. The second kappa shape index (κ2) is 12.8. The second-order valence-corrected chi connectivity index (χ2v) is 11.4. The van der Waals surface area contributed by atoms with E-state index in [1.807, 2.05) is 30.0 Å². The maximum absolute atomic E-state index is 15.9. The number of carbonyl (C=O) groups excluding carboxylic acids is 1. The number of hydroxylamine groups is 1. The molecule has 0 atom stereocenters. The minimum Gasteiger partial charge on any atom is -0.497 e. The molecule has 0 unspecified atom stereocenters. The van der Waals surface area contributed by atoms with E-state index in [0.717, 1.165) is 12.8 Å². The molecule has 0 aliphatic heterocycles. The van der Waals surface area contributed by atoms with Gasteiger partial charge in [-0.3, -0.25) is 4.84 Å². The molecule has 1 fully saturated rings. The molecule has 244 valence electrons. The topological polar surface area (TPSA) is 91.1 Å². The molecule has 0 spiro atoms. The van der Waals surface area contributed by atoms with Crippen molar-refractivity contribution in [1.82, 2.24) is 10.5 Å². The quantitative estimate of drug-likeness (QED) is 0.134. The van der Waals surface area contributed by atoms with E-state index in [4.69, 9.17) is 9.47 Å². The van der Waals surface area contributed by atoms with Crippen LogP contribution in [-0.2, 0) is 4.84 Å². The fraction of sp³-hybridized carbons (Fsp3) is 0.229. The molecule has 1 heterocycles. The average Bonchev–Trinajstić information content (AvgIpc) is 3.78. The van der Waals surface area contributed by atoms with Crippen molar-refractivity contribution >= 4 is 39.7 Å². The van der Waals surface area contributed by atoms with Crippen LogP contribution < -0.4 is 30.1 Å². The highest BCUT2D eigenvalue weighted by Crippen LogP contribution is 2.51. The van der Waals surface area contributed by atoms with Gasteiger partial charge in [0.1, 0.15) is 28.9 Å². The Morgan fingerprint density at radius 2 is 1.57 bits per heavy atom. The molecule has 9 nitrogen and oxygen atoms in total. The fourth-order valence-corrected chi connectivity index (χ4v) is 5.84. The lowest BCUT2D eigenvalue weighted by atomic mass is 9.99. The summed E-state index contributed by atoms with van der Waals surface area (Å²) in [6, 6.07) is 16.6. The van der Waals surface area contributed by atoms with E-state index in [9.17, 15) is 4.79 Å². The third-order valence-electron chi connectivity index (χ3n) is 8.09. The highest BCUT2D eigenvalue weighted by atomic mass is 19.1. The van der Waals surface area contributed by atoms with Crippen molar-refractivity contribution in [3.05, 3.63) is 84.2 Å². The first kappa shape index (κ1) is 31.6. The molecule has 1 aliphatic carbocycles. The zero-order valence-corrected chi connectivity index (χ0v) is 26.5. The largest absolute Gasteiger partial charge is 0.497 e. The van der Waals surface area contributed by atoms with Gasteiger partial charge in [0.05, 0.1) is 38.2 Å². The first-order chi connectivity index (χ1) is 22.6. The van der Waals surface area contributed by atoms with Crippen molar-refractivity contribution in [2.75, 3.05) is 50.5 Å². The molecule has 12 heteroatoms. The molecule has 47 heavy (non-hydrogen) atoms. The Kier molecular flexibility index (Phi) is 8.61. The number of ether oxygens (including phenoxy) is 2. The number of nitrogens with zero attached hydrogens (tertiary/aromatic N) is 2. The van der Waals surface area contributed by atoms with Crippen LogP contribution in [0.3, 0.4) is 0 Å². The van der Waals surface area contributed by atoms with Gasteiger partial charge in [0.25, 0.3) is 0 Å². The van der Waals surface area contributed by atoms with Gasteiger partial charge in [-0.15, -0.1) is 0 Å². The monoisotopic (exact) mass is 645 g/mol. The number of aromatic nitrogens is 1. The predicted molar refractivity (Wildman–Crippen MR) is 177 cm³/mol. The third-order valence-corrected chi connectivity index (χ3v) is 8.09. The summed E-state index contributed by atoms with van der Waals surface area (Å²) in [5.74, 6) is -0.887. The Bertz CT molecular complexity index is 1980. The van der Waals surface area contributed by atoms with Gasteiger partial charge in [-0.25, -0.2) is 23.4 Å². The molecule has 4 aromatic carbocycles. The van der Waals surface area contributed by atoms with Gasteiger partial charge in [0.2, 0.25) is 0 Å². The molecule has 0 saturated heterocycles. The van der Waals surface area contributed by atoms with Crippen LogP contribution in [0.4, 0.5) is 40.7 Å². The summed E-state index contributed by atoms with van der Waals surface area (Å²) in [4.78, 5) is 23.6. The number of hydrogen-bond acceptors (Lipinski definition) is 6. The zero-order chi connectivity index (χ0) is 33.4. The Morgan fingerprint density at radius 3 is 2.21 bits per heavy atom. The van der Waals surface area contributed by atoms with Crippen LogP contribution in [-0.4, -0.2) is 52.5 Å². The normalized spacial score (nSPS) is 12.6. The second-order valence-electron chi connectivity index (χ2n) is 11.4. The van der Waals surface area contributed by atoms with Gasteiger partial charge >= 0.3 is 6.03 Å². The molecule has 0 radical (unpaired) electrons. The van der Waals surface area contributed by atoms with E-state index in [-0.39, 0.29) is 22.9 Å². The minimum absolute atomic E-state index is 0.0329. The van der Waals surface area contributed by atoms with Crippen molar-refractivity contribution in [2.24, 2.45) is 0 Å². The summed E-state index contributed by atoms with van der Waals surface area (Å²) in [5.41, 5.74) is 5.72. The summed E-state index contributed by atoms with van der Waals surface area (Å²) in [6.07, 6.45) is 1.63. The van der Waals surface area contributed by atoms with Gasteiger partial charge < -0.3 is 29.6 Å². The summed E-state index contributed by atoms with van der Waals surface area (Å²) < 4.78 is 58.3. The number of amides is 2. The minimum atomic E-state index is -0.664. The van der Waals surface area contributed by atoms with Gasteiger partial charge in [-0.2, -0.15) is 0 Å². The predicted octanol–water partition coefficient (Wildman–Crippen LogP) is 7.99. The van der Waals surface area contributed by atoms with Gasteiger partial charge in [0.15, 0.2) is 5.75 Å². The fourth-order valence-electron chi connectivity index (χ4n) is 5.84. The lowest BCUT2D eigenvalue weighted by molar-refractivity contribution is 0.114. The molecular formula is C35H34F3N5O4. The number of anilines is 4. The number of methoxy groups -OCH3 is 2. The zero-order valence-electron chi connectivity index (χ0n) is 26.5. The van der Waals surface area contributed by atoms with Crippen LogP contribution in [0.15, 0.2) is 66.7 Å². The molecule has 0 bridgehead atoms. The van der Waals surface area contributed by atoms with Crippen LogP contribution in [0, 0.1) is 17.5 Å². The number of carbonyl (C=O) groups is 1. The molecule has 3 N–H and O–H groups in total. The number of fused-ring (bicyclic) bond motifs is 1. The van der Waals surface area contributed by atoms with E-state index in [1.165, 1.54) is 45.6 Å². The first-order valence-corrected chi connectivity index (χ1v) is 14.9. The molecule has 2 amide bonds. The van der Waals surface area contributed by atoms with Crippen LogP contribution in [0.25, 0.3) is 33.3 Å². The van der Waals surface area contributed by atoms with Gasteiger partial charge in [-0.1, -0.05) is 6.07 Å². The standard InChI is InChI=1S/C35H34F3N5O4/c1-42(2)30-8-6-7-26(36)33(30)43(20-10-11-20)31-18-24(22-14-12-21(45-3)16-28(22)38)34(46-4)32-25(31)17-29(40-32)23-13-9-19(15-27(23)37)39-35(44)41-47-5/h6-9,12-18,20,40H,10-11H2,1-5H3,(H2,39,41,44). The highest BCUT2D eigenvalue weighted by molar-refractivity contribution is 6.06. The average molecular weight is 646 g/mol. The number of urea groups is 1. The van der Waals surface area contributed by atoms with Crippen molar-refractivity contribution < 1.29 is 32.3 Å². The highest BCUT2D eigenvalue weighted by Gasteiger charge is 2.36. The maximum Gasteiger partial charge on any atom is 0.343 e. The number of aromatic amines is 1. The summed E-state index contributed by atoms with van der Waals surface area (Å²) in [6.45, 7) is 0. The summed E-state index contributed by atoms with van der Waals surface area (Å²) >= 11 is 0. The lowest BCUT2D eigenvalue weighted by Crippen LogP contribution is -2.27. The van der Waals surface area contributed by atoms with Crippen molar-refractivity contribution in [3.63, 3.8) is 0 Å². The molecule has 6 rings (SSSR count). The Hall–Kier alpha value is -5.36. The van der Waals surface area contributed by atoms with E-state index in [0.29, 0.717) is 50.7 Å². The first-order valence-electron chi connectivity index (χ1n) is 14.9. The Balaban J connectivity index is 1.61. The van der Waals surface area contributed by atoms with Gasteiger partial charge in [0, 0.05) is 59.7 Å². The van der Waals surface area contributed by atoms with Crippen LogP contribution in [0.5, 0.6) is 11.5 Å². The van der Waals surface area contributed by atoms with Crippen molar-refractivity contribution in [1.29, 1.82) is 0 Å². The number of benzene rings is 4. The SMILES string of the molecule is CONC(=O)Nc1ccc(-c2cc3c(N(c4c(F)cccc4N(C)C)C4CC4)cc(-c4ccc(OC)cc4F)c(OC)c3[nH]2)c(F)c1. The number of hydrogen-bond donors (Lipinski definition) is 3. The molecule has 1 saturated carbocycles. The van der Waals surface area contributed by atoms with E-state index in [1.54, 1.807) is 36.4 Å². The van der Waals surface area contributed by atoms with E-state index >= 15 is 13.2 Å². The third kappa shape index (κ3) is 5.99. The van der Waals surface area contributed by atoms with Crippen molar-refractivity contribution in [3.8, 4) is 33.9 Å². The van der Waals surface area contributed by atoms with Crippen molar-refractivity contribution in [2.45, 2.75) is 18.9 Å². The van der Waals surface area contributed by atoms with Crippen LogP contribution in [0.2, 0.25) is 0 Å². The maximum atomic E-state index is 15.9. The van der Waals surface area contributed by atoms with Crippen LogP contribution >= 0.6 is 0 Å². The number of H-pyrrole nitrogens is 1. The number of halogens is 3.